The van der Waals surface area contributed by atoms with Crippen LogP contribution in [0.25, 0.3) is 0 Å². The lowest BCUT2D eigenvalue weighted by atomic mass is 10.1. The lowest BCUT2D eigenvalue weighted by Crippen LogP contribution is -2.37. The molecule has 25 heavy (non-hydrogen) atoms. The molecule has 2 rings (SSSR count). The molecular weight excluding hydrogens is 387 g/mol. The molecule has 0 saturated heterocycles. The van der Waals surface area contributed by atoms with Gasteiger partial charge in [-0.15, -0.1) is 0 Å². The molecule has 1 aromatic carbocycles. The summed E-state index contributed by atoms with van der Waals surface area (Å²) in [5.41, 5.74) is 0.915. The van der Waals surface area contributed by atoms with E-state index >= 15 is 0 Å². The fraction of sp³-hybridized carbons (Fsp3) is 0.235. The molecule has 132 valence electrons. The second kappa shape index (κ2) is 8.52. The van der Waals surface area contributed by atoms with E-state index in [1.807, 2.05) is 0 Å². The molecule has 0 aliphatic carbocycles. The monoisotopic (exact) mass is 400 g/mol. The van der Waals surface area contributed by atoms with Gasteiger partial charge in [-0.3, -0.25) is 4.79 Å². The Labute approximate surface area is 160 Å². The van der Waals surface area contributed by atoms with Crippen molar-refractivity contribution in [2.24, 2.45) is 0 Å². The maximum Gasteiger partial charge on any atom is 0.340 e. The minimum absolute atomic E-state index is 0.206. The number of hydrogen-bond acceptors (Lipinski definition) is 4. The van der Waals surface area contributed by atoms with Gasteiger partial charge >= 0.3 is 5.97 Å². The van der Waals surface area contributed by atoms with E-state index < -0.39 is 18.0 Å². The number of carbonyl (C=O) groups is 2. The number of carbonyl (C=O) groups excluding carboxylic acids is 2. The van der Waals surface area contributed by atoms with Crippen LogP contribution in [0.1, 0.15) is 35.8 Å². The van der Waals surface area contributed by atoms with Gasteiger partial charge in [-0.05, 0) is 43.7 Å². The minimum Gasteiger partial charge on any atom is -0.449 e. The summed E-state index contributed by atoms with van der Waals surface area (Å²) in [6.07, 6.45) is 0.294. The third-order valence-electron chi connectivity index (χ3n) is 3.40. The number of pyridine rings is 1. The van der Waals surface area contributed by atoms with E-state index in [0.717, 1.165) is 0 Å². The van der Waals surface area contributed by atoms with Crippen molar-refractivity contribution in [2.75, 3.05) is 0 Å². The molecule has 1 heterocycles. The number of aromatic nitrogens is 1. The molecule has 5 nitrogen and oxygen atoms in total. The molecule has 2 unspecified atom stereocenters. The third-order valence-corrected chi connectivity index (χ3v) is 4.19. The van der Waals surface area contributed by atoms with E-state index in [1.165, 1.54) is 25.3 Å². The number of rotatable bonds is 5. The number of nitrogens with one attached hydrogen (secondary N) is 1. The molecule has 2 atom stereocenters. The number of benzene rings is 1. The van der Waals surface area contributed by atoms with Gasteiger partial charge in [0.25, 0.3) is 5.91 Å². The van der Waals surface area contributed by atoms with Crippen molar-refractivity contribution in [3.05, 3.63) is 62.9 Å². The number of esters is 1. The van der Waals surface area contributed by atoms with Gasteiger partial charge in [0.05, 0.1) is 11.6 Å². The maximum absolute atomic E-state index is 12.2. The zero-order valence-electron chi connectivity index (χ0n) is 13.4. The highest BCUT2D eigenvalue weighted by Crippen LogP contribution is 2.26. The number of ether oxygens (including phenoxy) is 1. The van der Waals surface area contributed by atoms with Crippen LogP contribution in [0.2, 0.25) is 15.2 Å². The Kier molecular flexibility index (Phi) is 6.64. The molecule has 0 saturated carbocycles. The summed E-state index contributed by atoms with van der Waals surface area (Å²) in [6.45, 7) is 3.25. The molecular formula is C17H15Cl3N2O3. The zero-order chi connectivity index (χ0) is 18.6. The van der Waals surface area contributed by atoms with E-state index in [0.29, 0.717) is 15.6 Å². The number of hydrogen-bond donors (Lipinski definition) is 1. The molecule has 2 aromatic rings. The second-order valence-corrected chi connectivity index (χ2v) is 6.54. The van der Waals surface area contributed by atoms with Crippen LogP contribution in [0.3, 0.4) is 0 Å². The first-order valence-corrected chi connectivity index (χ1v) is 8.49. The van der Waals surface area contributed by atoms with Gasteiger partial charge in [-0.1, -0.05) is 40.9 Å². The van der Waals surface area contributed by atoms with Gasteiger partial charge in [0.1, 0.15) is 5.15 Å². The van der Waals surface area contributed by atoms with Crippen molar-refractivity contribution in [1.82, 2.24) is 10.3 Å². The number of amides is 1. The highest BCUT2D eigenvalue weighted by Gasteiger charge is 2.22. The van der Waals surface area contributed by atoms with Crippen LogP contribution in [0.15, 0.2) is 36.5 Å². The van der Waals surface area contributed by atoms with Gasteiger partial charge in [0.2, 0.25) is 0 Å². The Bertz CT molecular complexity index is 781. The second-order valence-electron chi connectivity index (χ2n) is 5.31. The summed E-state index contributed by atoms with van der Waals surface area (Å²) in [6, 6.07) is 7.56. The van der Waals surface area contributed by atoms with E-state index in [9.17, 15) is 9.59 Å². The van der Waals surface area contributed by atoms with Gasteiger partial charge in [0.15, 0.2) is 6.10 Å². The topological polar surface area (TPSA) is 68.3 Å². The van der Waals surface area contributed by atoms with Crippen LogP contribution in [-0.2, 0) is 9.53 Å². The molecule has 0 fully saturated rings. The lowest BCUT2D eigenvalue weighted by Gasteiger charge is -2.19. The summed E-state index contributed by atoms with van der Waals surface area (Å²) >= 11 is 17.7. The molecule has 1 aromatic heterocycles. The average Bonchev–Trinajstić information content (AvgIpc) is 2.55. The van der Waals surface area contributed by atoms with E-state index in [-0.39, 0.29) is 16.8 Å². The van der Waals surface area contributed by atoms with Crippen LogP contribution >= 0.6 is 34.8 Å². The quantitative estimate of drug-likeness (QED) is 0.593. The largest absolute Gasteiger partial charge is 0.449 e. The SMILES string of the molecule is CC(OC(=O)c1ccc(Cl)nc1)C(=O)NC(C)c1ccc(Cl)cc1Cl. The molecule has 1 amide bonds. The Hall–Kier alpha value is -1.82. The minimum atomic E-state index is -0.989. The Morgan fingerprint density at radius 2 is 1.84 bits per heavy atom. The van der Waals surface area contributed by atoms with Crippen molar-refractivity contribution in [3.8, 4) is 0 Å². The van der Waals surface area contributed by atoms with Gasteiger partial charge < -0.3 is 10.1 Å². The number of halogens is 3. The highest BCUT2D eigenvalue weighted by atomic mass is 35.5. The molecule has 0 spiro atoms. The van der Waals surface area contributed by atoms with Crippen LogP contribution in [0.5, 0.6) is 0 Å². The Balaban J connectivity index is 1.97. The van der Waals surface area contributed by atoms with Crippen LogP contribution in [0, 0.1) is 0 Å². The first-order valence-electron chi connectivity index (χ1n) is 7.35. The van der Waals surface area contributed by atoms with E-state index in [4.69, 9.17) is 39.5 Å². The van der Waals surface area contributed by atoms with Crippen molar-refractivity contribution in [3.63, 3.8) is 0 Å². The first-order chi connectivity index (χ1) is 11.8. The average molecular weight is 402 g/mol. The van der Waals surface area contributed by atoms with Crippen LogP contribution < -0.4 is 5.32 Å². The maximum atomic E-state index is 12.2. The Morgan fingerprint density at radius 3 is 2.44 bits per heavy atom. The molecule has 0 aliphatic heterocycles. The molecule has 0 aliphatic rings. The zero-order valence-corrected chi connectivity index (χ0v) is 15.7. The molecule has 8 heteroatoms. The predicted molar refractivity (Wildman–Crippen MR) is 97.1 cm³/mol. The number of nitrogens with zero attached hydrogens (tertiary/aromatic N) is 1. The fourth-order valence-corrected chi connectivity index (χ4v) is 2.72. The van der Waals surface area contributed by atoms with Crippen molar-refractivity contribution < 1.29 is 14.3 Å². The van der Waals surface area contributed by atoms with Gasteiger partial charge in [-0.2, -0.15) is 0 Å². The first kappa shape index (κ1) is 19.5. The van der Waals surface area contributed by atoms with Gasteiger partial charge in [-0.25, -0.2) is 9.78 Å². The van der Waals surface area contributed by atoms with E-state index in [1.54, 1.807) is 25.1 Å². The summed E-state index contributed by atoms with van der Waals surface area (Å²) in [5, 5.41) is 3.95. The highest BCUT2D eigenvalue weighted by molar-refractivity contribution is 6.35. The Morgan fingerprint density at radius 1 is 1.12 bits per heavy atom. The summed E-state index contributed by atoms with van der Waals surface area (Å²) in [4.78, 5) is 28.0. The predicted octanol–water partition coefficient (Wildman–Crippen LogP) is 4.46. The standard InChI is InChI=1S/C17H15Cl3N2O3/c1-9(13-5-4-12(18)7-14(13)19)22-16(23)10(2)25-17(24)11-3-6-15(20)21-8-11/h3-10H,1-2H3,(H,22,23). The van der Waals surface area contributed by atoms with Gasteiger partial charge in [0, 0.05) is 16.2 Å². The summed E-state index contributed by atoms with van der Waals surface area (Å²) in [7, 11) is 0. The van der Waals surface area contributed by atoms with Crippen LogP contribution in [-0.4, -0.2) is 23.0 Å². The van der Waals surface area contributed by atoms with Crippen molar-refractivity contribution in [1.29, 1.82) is 0 Å². The third kappa shape index (κ3) is 5.33. The summed E-state index contributed by atoms with van der Waals surface area (Å²) in [5.74, 6) is -1.11. The van der Waals surface area contributed by atoms with Crippen molar-refractivity contribution in [2.45, 2.75) is 26.0 Å². The molecule has 1 N–H and O–H groups in total. The molecule has 0 radical (unpaired) electrons. The summed E-state index contributed by atoms with van der Waals surface area (Å²) < 4.78 is 5.14. The van der Waals surface area contributed by atoms with E-state index in [2.05, 4.69) is 10.3 Å². The molecule has 0 bridgehead atoms. The van der Waals surface area contributed by atoms with Crippen LogP contribution in [0.4, 0.5) is 0 Å². The smallest absolute Gasteiger partial charge is 0.340 e. The van der Waals surface area contributed by atoms with Crippen molar-refractivity contribution >= 4 is 46.7 Å². The fourth-order valence-electron chi connectivity index (χ4n) is 2.04. The normalized spacial score (nSPS) is 13.0. The lowest BCUT2D eigenvalue weighted by molar-refractivity contribution is -0.129.